The molecule has 12 nitrogen and oxygen atoms in total. The van der Waals surface area contributed by atoms with Crippen molar-refractivity contribution < 1.29 is 59.6 Å². The van der Waals surface area contributed by atoms with Gasteiger partial charge >= 0.3 is 23.9 Å². The number of carbonyl (C=O) groups excluding carboxylic acids is 2. The molecule has 1 unspecified atom stereocenters. The van der Waals surface area contributed by atoms with Gasteiger partial charge < -0.3 is 39.0 Å². The van der Waals surface area contributed by atoms with Gasteiger partial charge in [0.1, 0.15) is 30.8 Å². The zero-order chi connectivity index (χ0) is 36.0. The lowest BCUT2D eigenvalue weighted by Gasteiger charge is -2.45. The molecular weight excluding hydrogens is 636 g/mol. The summed E-state index contributed by atoms with van der Waals surface area (Å²) in [5, 5.41) is 30.0. The van der Waals surface area contributed by atoms with E-state index in [4.69, 9.17) is 35.3 Å². The third kappa shape index (κ3) is 8.61. The summed E-state index contributed by atoms with van der Waals surface area (Å²) < 4.78 is 37.2. The molecule has 12 heteroatoms. The van der Waals surface area contributed by atoms with E-state index in [9.17, 15) is 24.3 Å². The molecule has 0 saturated carbocycles. The maximum Gasteiger partial charge on any atom is 0.335 e. The smallest absolute Gasteiger partial charge is 0.335 e. The molecule has 0 spiro atoms. The van der Waals surface area contributed by atoms with Crippen LogP contribution in [0.15, 0.2) is 97.1 Å². The van der Waals surface area contributed by atoms with E-state index in [1.54, 1.807) is 72.8 Å². The number of carboxylic acids is 2. The summed E-state index contributed by atoms with van der Waals surface area (Å²) in [6, 6.07) is 26.3. The fourth-order valence-electron chi connectivity index (χ4n) is 5.23. The highest BCUT2D eigenvalue weighted by Crippen LogP contribution is 2.32. The average molecular weight is 672 g/mol. The molecule has 49 heavy (non-hydrogen) atoms. The van der Waals surface area contributed by atoms with Crippen LogP contribution in [0.4, 0.5) is 0 Å². The zero-order valence-electron chi connectivity index (χ0n) is 27.5. The van der Waals surface area contributed by atoms with Gasteiger partial charge in [-0.3, -0.25) is 9.59 Å². The van der Waals surface area contributed by atoms with Crippen LogP contribution in [0.5, 0.6) is 11.5 Å². The Morgan fingerprint density at radius 1 is 0.694 bits per heavy atom. The SMILES string of the molecule is [2H]C1O[C@H](COc2ccc(-c3ccc(C(=O)O)cc3)cc2)[C@@H](OC(C)=O)[C@H](OC(C)=O)[C@]1(O)COc1ccc(-c2ccc(C(=O)O)cc2)cc1. The maximum atomic E-state index is 12.2. The lowest BCUT2D eigenvalue weighted by atomic mass is 9.88. The summed E-state index contributed by atoms with van der Waals surface area (Å²) in [6.45, 7) is -0.292. The molecule has 0 aliphatic carbocycles. The van der Waals surface area contributed by atoms with Crippen molar-refractivity contribution >= 4 is 23.9 Å². The van der Waals surface area contributed by atoms with Gasteiger partial charge in [0.05, 0.1) is 19.1 Å². The van der Waals surface area contributed by atoms with Crippen molar-refractivity contribution in [2.45, 2.75) is 37.8 Å². The highest BCUT2D eigenvalue weighted by molar-refractivity contribution is 5.89. The third-order valence-electron chi connectivity index (χ3n) is 7.72. The molecule has 1 aliphatic heterocycles. The van der Waals surface area contributed by atoms with Gasteiger partial charge in [-0.1, -0.05) is 48.5 Å². The molecule has 1 fully saturated rings. The molecule has 0 bridgehead atoms. The fraction of sp³-hybridized carbons (Fsp3) is 0.243. The van der Waals surface area contributed by atoms with Crippen molar-refractivity contribution in [3.8, 4) is 33.8 Å². The van der Waals surface area contributed by atoms with Crippen LogP contribution in [-0.4, -0.2) is 82.9 Å². The van der Waals surface area contributed by atoms with Crippen LogP contribution in [0, 0.1) is 0 Å². The second-order valence-corrected chi connectivity index (χ2v) is 11.3. The molecule has 4 aromatic carbocycles. The van der Waals surface area contributed by atoms with Gasteiger partial charge in [0.15, 0.2) is 17.8 Å². The van der Waals surface area contributed by atoms with E-state index in [0.717, 1.165) is 36.1 Å². The number of hydrogen-bond acceptors (Lipinski definition) is 10. The standard InChI is InChI=1S/C37H34O12/c1-22(38)48-33-32(19-45-30-15-11-26(12-16-30)24-3-7-28(8-4-24)35(40)41)47-21-37(44,34(33)49-23(2)39)20-46-31-17-13-27(14-18-31)25-5-9-29(10-6-25)36(42)43/h3-18,32-34,44H,19-21H2,1-2H3,(H,40,41)(H,42,43)/t32-,33-,34+,37+/m1/s1/i21D/t21?,32-,33-,34+,37+. The number of benzene rings is 4. The minimum atomic E-state index is -2.29. The van der Waals surface area contributed by atoms with Crippen molar-refractivity contribution in [2.75, 3.05) is 19.8 Å². The monoisotopic (exact) mass is 671 g/mol. The molecule has 0 aromatic heterocycles. The number of rotatable bonds is 12. The third-order valence-corrected chi connectivity index (χ3v) is 7.72. The molecular formula is C37H34O12. The van der Waals surface area contributed by atoms with Gasteiger partial charge in [0, 0.05) is 13.8 Å². The number of carbonyl (C=O) groups is 4. The van der Waals surface area contributed by atoms with Crippen LogP contribution < -0.4 is 9.47 Å². The summed E-state index contributed by atoms with van der Waals surface area (Å²) in [7, 11) is 0. The molecule has 5 atom stereocenters. The quantitative estimate of drug-likeness (QED) is 0.175. The number of aliphatic hydroxyl groups is 1. The van der Waals surface area contributed by atoms with E-state index >= 15 is 0 Å². The number of ether oxygens (including phenoxy) is 5. The van der Waals surface area contributed by atoms with Crippen LogP contribution in [0.25, 0.3) is 22.3 Å². The van der Waals surface area contributed by atoms with E-state index < -0.39 is 61.0 Å². The van der Waals surface area contributed by atoms with E-state index in [1.807, 2.05) is 0 Å². The molecule has 1 heterocycles. The van der Waals surface area contributed by atoms with E-state index in [2.05, 4.69) is 0 Å². The van der Waals surface area contributed by atoms with E-state index in [0.29, 0.717) is 11.5 Å². The molecule has 5 rings (SSSR count). The molecule has 0 amide bonds. The first-order valence-electron chi connectivity index (χ1n) is 15.7. The predicted octanol–water partition coefficient (Wildman–Crippen LogP) is 4.87. The Hall–Kier alpha value is -5.72. The van der Waals surface area contributed by atoms with Gasteiger partial charge in [-0.05, 0) is 70.8 Å². The Kier molecular flexibility index (Phi) is 10.2. The minimum Gasteiger partial charge on any atom is -0.491 e. The first kappa shape index (κ1) is 33.2. The van der Waals surface area contributed by atoms with Crippen molar-refractivity contribution in [2.24, 2.45) is 0 Å². The van der Waals surface area contributed by atoms with E-state index in [-0.39, 0.29) is 17.7 Å². The fourth-order valence-corrected chi connectivity index (χ4v) is 5.23. The summed E-state index contributed by atoms with van der Waals surface area (Å²) in [4.78, 5) is 46.7. The van der Waals surface area contributed by atoms with Gasteiger partial charge in [0.25, 0.3) is 0 Å². The molecule has 1 saturated heterocycles. The maximum absolute atomic E-state index is 12.2. The number of esters is 2. The first-order valence-corrected chi connectivity index (χ1v) is 15.1. The average Bonchev–Trinajstić information content (AvgIpc) is 3.10. The lowest BCUT2D eigenvalue weighted by molar-refractivity contribution is -0.259. The van der Waals surface area contributed by atoms with E-state index in [1.165, 1.54) is 24.3 Å². The number of carboxylic acid groups (broad SMARTS) is 2. The van der Waals surface area contributed by atoms with Gasteiger partial charge in [0.2, 0.25) is 0 Å². The second kappa shape index (κ2) is 15.0. The van der Waals surface area contributed by atoms with Crippen molar-refractivity contribution in [1.82, 2.24) is 0 Å². The van der Waals surface area contributed by atoms with Crippen LogP contribution in [-0.2, 0) is 23.8 Å². The Bertz CT molecular complexity index is 1820. The Balaban J connectivity index is 1.29. The summed E-state index contributed by atoms with van der Waals surface area (Å²) >= 11 is 0. The lowest BCUT2D eigenvalue weighted by Crippen LogP contribution is -2.66. The van der Waals surface area contributed by atoms with Crippen LogP contribution in [0.3, 0.4) is 0 Å². The molecule has 4 aromatic rings. The Labute approximate surface area is 282 Å². The predicted molar refractivity (Wildman–Crippen MR) is 174 cm³/mol. The second-order valence-electron chi connectivity index (χ2n) is 11.3. The zero-order valence-corrected chi connectivity index (χ0v) is 26.5. The topological polar surface area (TPSA) is 175 Å². The van der Waals surface area contributed by atoms with Crippen LogP contribution >= 0.6 is 0 Å². The molecule has 1 aliphatic rings. The molecule has 3 N–H and O–H groups in total. The van der Waals surface area contributed by atoms with Crippen molar-refractivity contribution in [1.29, 1.82) is 0 Å². The summed E-state index contributed by atoms with van der Waals surface area (Å²) in [5.74, 6) is -2.91. The number of aromatic carboxylic acids is 2. The van der Waals surface area contributed by atoms with Crippen LogP contribution in [0.1, 0.15) is 35.9 Å². The Morgan fingerprint density at radius 3 is 1.51 bits per heavy atom. The Morgan fingerprint density at radius 2 is 1.10 bits per heavy atom. The van der Waals surface area contributed by atoms with Crippen molar-refractivity contribution in [3.05, 3.63) is 108 Å². The molecule has 0 radical (unpaired) electrons. The van der Waals surface area contributed by atoms with Gasteiger partial charge in [-0.2, -0.15) is 0 Å². The number of hydrogen-bond donors (Lipinski definition) is 3. The normalized spacial score (nSPS) is 21.9. The molecule has 254 valence electrons. The largest absolute Gasteiger partial charge is 0.491 e. The van der Waals surface area contributed by atoms with Crippen LogP contribution in [0.2, 0.25) is 0 Å². The summed E-state index contributed by atoms with van der Waals surface area (Å²) in [5.41, 5.74) is 1.16. The summed E-state index contributed by atoms with van der Waals surface area (Å²) in [6.07, 6.45) is -4.09. The highest BCUT2D eigenvalue weighted by Gasteiger charge is 2.54. The highest BCUT2D eigenvalue weighted by atomic mass is 16.6. The van der Waals surface area contributed by atoms with Gasteiger partial charge in [-0.25, -0.2) is 9.59 Å². The minimum absolute atomic E-state index is 0.155. The van der Waals surface area contributed by atoms with Gasteiger partial charge in [-0.15, -0.1) is 0 Å². The first-order chi connectivity index (χ1) is 23.8. The van der Waals surface area contributed by atoms with Crippen molar-refractivity contribution in [3.63, 3.8) is 0 Å².